The molecule has 0 aliphatic heterocycles. The fourth-order valence-corrected chi connectivity index (χ4v) is 1.99. The number of nitrogens with zero attached hydrogens (tertiary/aromatic N) is 2. The van der Waals surface area contributed by atoms with Gasteiger partial charge >= 0.3 is 0 Å². The van der Waals surface area contributed by atoms with Crippen LogP contribution in [0.3, 0.4) is 0 Å². The van der Waals surface area contributed by atoms with Crippen molar-refractivity contribution in [1.82, 2.24) is 9.88 Å². The van der Waals surface area contributed by atoms with Gasteiger partial charge in [0.2, 0.25) is 0 Å². The number of unbranched alkanes of at least 4 members (excludes halogenated alkanes) is 2. The van der Waals surface area contributed by atoms with Crippen LogP contribution in [0.15, 0.2) is 12.3 Å². The highest BCUT2D eigenvalue weighted by atomic mass is 19.1. The van der Waals surface area contributed by atoms with Crippen LogP contribution >= 0.6 is 0 Å². The molecule has 1 rings (SSSR count). The number of hydrazine groups is 1. The van der Waals surface area contributed by atoms with E-state index in [-0.39, 0.29) is 23.3 Å². The zero-order valence-electron chi connectivity index (χ0n) is 12.3. The summed E-state index contributed by atoms with van der Waals surface area (Å²) >= 11 is 0. The van der Waals surface area contributed by atoms with Crippen molar-refractivity contribution in [3.05, 3.63) is 23.6 Å². The summed E-state index contributed by atoms with van der Waals surface area (Å²) in [4.78, 5) is 17.9. The second kappa shape index (κ2) is 7.79. The largest absolute Gasteiger partial charge is 0.336 e. The number of hydrogen-bond donors (Lipinski definition) is 2. The van der Waals surface area contributed by atoms with Gasteiger partial charge in [-0.3, -0.25) is 4.79 Å². The molecule has 0 aliphatic rings. The van der Waals surface area contributed by atoms with E-state index in [1.165, 1.54) is 12.3 Å². The van der Waals surface area contributed by atoms with Crippen LogP contribution in [0.25, 0.3) is 0 Å². The smallest absolute Gasteiger partial charge is 0.257 e. The van der Waals surface area contributed by atoms with Crippen molar-refractivity contribution in [3.8, 4) is 0 Å². The summed E-state index contributed by atoms with van der Waals surface area (Å²) in [5, 5.41) is 0. The number of nitrogens with two attached hydrogens (primary N) is 1. The lowest BCUT2D eigenvalue weighted by Gasteiger charge is -2.27. The summed E-state index contributed by atoms with van der Waals surface area (Å²) < 4.78 is 14.1. The molecule has 0 aliphatic carbocycles. The molecule has 3 N–H and O–H groups in total. The summed E-state index contributed by atoms with van der Waals surface area (Å²) in [6, 6.07) is 1.40. The minimum absolute atomic E-state index is 0.00171. The molecule has 112 valence electrons. The average Bonchev–Trinajstić information content (AvgIpc) is 2.43. The molecule has 0 radical (unpaired) electrons. The first-order chi connectivity index (χ1) is 9.52. The van der Waals surface area contributed by atoms with Gasteiger partial charge in [0.25, 0.3) is 5.91 Å². The number of nitrogen functional groups attached to an aromatic ring is 1. The topological polar surface area (TPSA) is 71.2 Å². The molecule has 1 aromatic rings. The number of hydrogen-bond acceptors (Lipinski definition) is 4. The Hall–Kier alpha value is -1.69. The summed E-state index contributed by atoms with van der Waals surface area (Å²) in [5.74, 6) is 4.03. The number of carbonyl (C=O) groups is 1. The van der Waals surface area contributed by atoms with E-state index in [2.05, 4.69) is 17.3 Å². The molecule has 1 amide bonds. The predicted octanol–water partition coefficient (Wildman–Crippen LogP) is 2.55. The summed E-state index contributed by atoms with van der Waals surface area (Å²) in [6.07, 6.45) is 4.40. The van der Waals surface area contributed by atoms with Crippen molar-refractivity contribution >= 4 is 11.7 Å². The number of carbonyl (C=O) groups excluding carboxylic acids is 1. The number of nitrogens with one attached hydrogen (secondary N) is 1. The Bertz CT molecular complexity index is 451. The molecular weight excluding hydrogens is 259 g/mol. The Balaban J connectivity index is 2.94. The first-order valence-electron chi connectivity index (χ1n) is 6.95. The zero-order chi connectivity index (χ0) is 15.1. The molecule has 20 heavy (non-hydrogen) atoms. The highest BCUT2D eigenvalue weighted by Gasteiger charge is 2.23. The van der Waals surface area contributed by atoms with Gasteiger partial charge in [-0.25, -0.2) is 15.2 Å². The van der Waals surface area contributed by atoms with E-state index >= 15 is 0 Å². The lowest BCUT2D eigenvalue weighted by atomic mass is 10.1. The van der Waals surface area contributed by atoms with Crippen molar-refractivity contribution in [2.75, 3.05) is 12.0 Å². The summed E-state index contributed by atoms with van der Waals surface area (Å²) in [5.41, 5.74) is 2.15. The molecule has 0 aromatic carbocycles. The van der Waals surface area contributed by atoms with Crippen LogP contribution < -0.4 is 11.3 Å². The molecule has 0 unspecified atom stereocenters. The maximum absolute atomic E-state index is 14.1. The molecular formula is C14H23FN4O. The quantitative estimate of drug-likeness (QED) is 0.458. The van der Waals surface area contributed by atoms with Crippen molar-refractivity contribution in [1.29, 1.82) is 0 Å². The van der Waals surface area contributed by atoms with Gasteiger partial charge in [-0.2, -0.15) is 0 Å². The zero-order valence-corrected chi connectivity index (χ0v) is 12.3. The molecule has 0 bridgehead atoms. The number of amides is 1. The first-order valence-corrected chi connectivity index (χ1v) is 6.95. The highest BCUT2D eigenvalue weighted by Crippen LogP contribution is 2.17. The molecule has 0 fully saturated rings. The van der Waals surface area contributed by atoms with Crippen molar-refractivity contribution in [2.24, 2.45) is 5.84 Å². The van der Waals surface area contributed by atoms with Gasteiger partial charge in [-0.05, 0) is 26.3 Å². The molecule has 1 heterocycles. The SMILES string of the molecule is CCCCCN(C(=O)c1ccnc(NN)c1F)C(C)C. The van der Waals surface area contributed by atoms with Crippen LogP contribution in [0.2, 0.25) is 0 Å². The second-order valence-corrected chi connectivity index (χ2v) is 4.96. The normalized spacial score (nSPS) is 10.7. The number of aromatic nitrogens is 1. The lowest BCUT2D eigenvalue weighted by Crippen LogP contribution is -2.38. The molecule has 5 nitrogen and oxygen atoms in total. The van der Waals surface area contributed by atoms with E-state index < -0.39 is 5.82 Å². The van der Waals surface area contributed by atoms with Gasteiger partial charge in [-0.15, -0.1) is 0 Å². The molecule has 6 heteroatoms. The number of rotatable bonds is 7. The van der Waals surface area contributed by atoms with E-state index in [1.54, 1.807) is 4.90 Å². The van der Waals surface area contributed by atoms with Crippen LogP contribution in [-0.2, 0) is 0 Å². The average molecular weight is 282 g/mol. The van der Waals surface area contributed by atoms with Crippen molar-refractivity contribution in [2.45, 2.75) is 46.1 Å². The standard InChI is InChI=1S/C14H23FN4O/c1-4-5-6-9-19(10(2)3)14(20)11-7-8-17-13(18-16)12(11)15/h7-8,10H,4-6,9,16H2,1-3H3,(H,17,18). The van der Waals surface area contributed by atoms with Gasteiger partial charge in [-0.1, -0.05) is 19.8 Å². The maximum atomic E-state index is 14.1. The van der Waals surface area contributed by atoms with E-state index in [1.807, 2.05) is 13.8 Å². The third-order valence-electron chi connectivity index (χ3n) is 3.14. The maximum Gasteiger partial charge on any atom is 0.257 e. The third kappa shape index (κ3) is 3.90. The van der Waals surface area contributed by atoms with Crippen molar-refractivity contribution < 1.29 is 9.18 Å². The second-order valence-electron chi connectivity index (χ2n) is 4.96. The fourth-order valence-electron chi connectivity index (χ4n) is 1.99. The predicted molar refractivity (Wildman–Crippen MR) is 77.7 cm³/mol. The fraction of sp³-hybridized carbons (Fsp3) is 0.571. The Morgan fingerprint density at radius 3 is 2.75 bits per heavy atom. The van der Waals surface area contributed by atoms with Crippen LogP contribution in [0.4, 0.5) is 10.2 Å². The molecule has 0 saturated heterocycles. The Morgan fingerprint density at radius 1 is 1.50 bits per heavy atom. The number of anilines is 1. The van der Waals surface area contributed by atoms with Gasteiger partial charge in [0, 0.05) is 18.8 Å². The Kier molecular flexibility index (Phi) is 6.38. The van der Waals surface area contributed by atoms with Crippen LogP contribution in [0.5, 0.6) is 0 Å². The number of halogens is 1. The lowest BCUT2D eigenvalue weighted by molar-refractivity contribution is 0.0697. The van der Waals surface area contributed by atoms with Crippen LogP contribution in [0, 0.1) is 5.82 Å². The Labute approximate surface area is 119 Å². The van der Waals surface area contributed by atoms with Gasteiger partial charge < -0.3 is 10.3 Å². The minimum Gasteiger partial charge on any atom is -0.336 e. The molecule has 0 atom stereocenters. The van der Waals surface area contributed by atoms with E-state index in [0.29, 0.717) is 6.54 Å². The van der Waals surface area contributed by atoms with E-state index in [4.69, 9.17) is 5.84 Å². The van der Waals surface area contributed by atoms with Gasteiger partial charge in [0.05, 0.1) is 5.56 Å². The molecule has 1 aromatic heterocycles. The van der Waals surface area contributed by atoms with E-state index in [9.17, 15) is 9.18 Å². The first kappa shape index (κ1) is 16.4. The van der Waals surface area contributed by atoms with Crippen LogP contribution in [-0.4, -0.2) is 28.4 Å². The molecule has 0 spiro atoms. The highest BCUT2D eigenvalue weighted by molar-refractivity contribution is 5.95. The Morgan fingerprint density at radius 2 is 2.20 bits per heavy atom. The minimum atomic E-state index is -0.707. The third-order valence-corrected chi connectivity index (χ3v) is 3.14. The van der Waals surface area contributed by atoms with Crippen molar-refractivity contribution in [3.63, 3.8) is 0 Å². The summed E-state index contributed by atoms with van der Waals surface area (Å²) in [7, 11) is 0. The monoisotopic (exact) mass is 282 g/mol. The van der Waals surface area contributed by atoms with E-state index in [0.717, 1.165) is 19.3 Å². The number of pyridine rings is 1. The summed E-state index contributed by atoms with van der Waals surface area (Å²) in [6.45, 7) is 6.57. The van der Waals surface area contributed by atoms with Gasteiger partial charge in [0.1, 0.15) is 0 Å². The molecule has 0 saturated carbocycles. The van der Waals surface area contributed by atoms with Crippen LogP contribution in [0.1, 0.15) is 50.4 Å². The van der Waals surface area contributed by atoms with Gasteiger partial charge in [0.15, 0.2) is 11.6 Å².